The molecule has 4 nitrogen and oxygen atoms in total. The van der Waals surface area contributed by atoms with Gasteiger partial charge in [0.05, 0.1) is 5.56 Å². The second-order valence-electron chi connectivity index (χ2n) is 7.71. The molecule has 0 bridgehead atoms. The molecule has 1 aromatic heterocycles. The van der Waals surface area contributed by atoms with Crippen LogP contribution in [-0.2, 0) is 17.5 Å². The van der Waals surface area contributed by atoms with Crippen molar-refractivity contribution in [2.45, 2.75) is 18.8 Å². The number of benzene rings is 3. The van der Waals surface area contributed by atoms with Crippen LogP contribution in [0, 0.1) is 0 Å². The maximum Gasteiger partial charge on any atom is 0.416 e. The molecule has 3 aromatic carbocycles. The minimum absolute atomic E-state index is 0.0260. The lowest BCUT2D eigenvalue weighted by atomic mass is 10.1. The van der Waals surface area contributed by atoms with Crippen molar-refractivity contribution in [3.8, 4) is 0 Å². The number of halogens is 3. The van der Waals surface area contributed by atoms with Crippen LogP contribution in [0.4, 0.5) is 18.9 Å². The summed E-state index contributed by atoms with van der Waals surface area (Å²) in [6.45, 7) is 0.206. The number of nitrogens with zero attached hydrogens (tertiary/aromatic N) is 1. The maximum absolute atomic E-state index is 13.7. The average Bonchev–Trinajstić information content (AvgIpc) is 3.40. The lowest BCUT2D eigenvalue weighted by Gasteiger charge is -2.31. The summed E-state index contributed by atoms with van der Waals surface area (Å²) in [5.41, 5.74) is 0.172. The number of anilines is 1. The van der Waals surface area contributed by atoms with Crippen LogP contribution in [0.5, 0.6) is 0 Å². The third-order valence-electron chi connectivity index (χ3n) is 5.32. The van der Waals surface area contributed by atoms with Gasteiger partial charge in [-0.25, -0.2) is 0 Å². The lowest BCUT2D eigenvalue weighted by Crippen LogP contribution is -2.43. The molecule has 0 aliphatic rings. The van der Waals surface area contributed by atoms with Crippen LogP contribution in [0.1, 0.15) is 32.4 Å². The highest BCUT2D eigenvalue weighted by Crippen LogP contribution is 2.36. The van der Waals surface area contributed by atoms with E-state index in [-0.39, 0.29) is 17.8 Å². The molecule has 4 aromatic rings. The zero-order valence-corrected chi connectivity index (χ0v) is 19.2. The van der Waals surface area contributed by atoms with Gasteiger partial charge in [0.1, 0.15) is 0 Å². The van der Waals surface area contributed by atoms with Crippen LogP contribution in [-0.4, -0.2) is 11.8 Å². The predicted molar refractivity (Wildman–Crippen MR) is 130 cm³/mol. The van der Waals surface area contributed by atoms with Gasteiger partial charge in [0.25, 0.3) is 5.91 Å². The standard InChI is InChI=1S/C27H21F3N2O2S/c28-27(29,30)21-13-7-14-22(17-21)32(26(34)20-11-5-2-6-12-20)24(23-15-8-16-35-23)25(33)31-18-19-9-3-1-4-10-19/h1-17,24H,18H2,(H,31,33). The van der Waals surface area contributed by atoms with E-state index in [9.17, 15) is 22.8 Å². The van der Waals surface area contributed by atoms with Crippen molar-refractivity contribution in [2.75, 3.05) is 4.90 Å². The second-order valence-corrected chi connectivity index (χ2v) is 8.69. The first-order valence-corrected chi connectivity index (χ1v) is 11.6. The highest BCUT2D eigenvalue weighted by molar-refractivity contribution is 7.10. The Balaban J connectivity index is 1.79. The molecule has 0 fully saturated rings. The van der Waals surface area contributed by atoms with Gasteiger partial charge >= 0.3 is 6.18 Å². The van der Waals surface area contributed by atoms with Gasteiger partial charge in [0.15, 0.2) is 6.04 Å². The van der Waals surface area contributed by atoms with Gasteiger partial charge in [-0.15, -0.1) is 11.3 Å². The van der Waals surface area contributed by atoms with Crippen molar-refractivity contribution >= 4 is 28.8 Å². The molecule has 0 saturated carbocycles. The van der Waals surface area contributed by atoms with Crippen LogP contribution in [0.3, 0.4) is 0 Å². The third-order valence-corrected chi connectivity index (χ3v) is 6.24. The molecule has 1 atom stereocenters. The number of rotatable bonds is 7. The fourth-order valence-electron chi connectivity index (χ4n) is 3.64. The van der Waals surface area contributed by atoms with Crippen LogP contribution in [0.2, 0.25) is 0 Å². The fraction of sp³-hybridized carbons (Fsp3) is 0.111. The summed E-state index contributed by atoms with van der Waals surface area (Å²) in [6, 6.07) is 24.1. The van der Waals surface area contributed by atoms with E-state index in [1.165, 1.54) is 23.5 Å². The first-order valence-electron chi connectivity index (χ1n) is 10.8. The van der Waals surface area contributed by atoms with E-state index in [1.54, 1.807) is 47.8 Å². The molecule has 0 saturated heterocycles. The van der Waals surface area contributed by atoms with Crippen molar-refractivity contribution in [3.05, 3.63) is 124 Å². The van der Waals surface area contributed by atoms with Gasteiger partial charge in [0.2, 0.25) is 5.91 Å². The summed E-state index contributed by atoms with van der Waals surface area (Å²) in [5.74, 6) is -1.09. The minimum Gasteiger partial charge on any atom is -0.350 e. The fourth-order valence-corrected chi connectivity index (χ4v) is 4.45. The molecule has 2 amide bonds. The molecule has 4 rings (SSSR count). The molecule has 0 aliphatic heterocycles. The average molecular weight is 495 g/mol. The number of carbonyl (C=O) groups is 2. The predicted octanol–water partition coefficient (Wildman–Crippen LogP) is 6.47. The third kappa shape index (κ3) is 5.78. The highest BCUT2D eigenvalue weighted by atomic mass is 32.1. The Hall–Kier alpha value is -3.91. The van der Waals surface area contributed by atoms with E-state index in [0.717, 1.165) is 22.6 Å². The Morgan fingerprint density at radius 1 is 0.857 bits per heavy atom. The van der Waals surface area contributed by atoms with E-state index in [1.807, 2.05) is 30.3 Å². The van der Waals surface area contributed by atoms with Crippen LogP contribution in [0.25, 0.3) is 0 Å². The minimum atomic E-state index is -4.61. The number of alkyl halides is 3. The molecule has 1 unspecified atom stereocenters. The van der Waals surface area contributed by atoms with Crippen molar-refractivity contribution in [1.29, 1.82) is 0 Å². The van der Waals surface area contributed by atoms with Crippen molar-refractivity contribution < 1.29 is 22.8 Å². The molecule has 8 heteroatoms. The largest absolute Gasteiger partial charge is 0.416 e. The number of carbonyl (C=O) groups excluding carboxylic acids is 2. The normalized spacial score (nSPS) is 12.1. The van der Waals surface area contributed by atoms with Gasteiger partial charge < -0.3 is 5.32 Å². The molecule has 0 spiro atoms. The summed E-state index contributed by atoms with van der Waals surface area (Å²) >= 11 is 1.25. The van der Waals surface area contributed by atoms with E-state index >= 15 is 0 Å². The lowest BCUT2D eigenvalue weighted by molar-refractivity contribution is -0.137. The van der Waals surface area contributed by atoms with Crippen LogP contribution < -0.4 is 10.2 Å². The van der Waals surface area contributed by atoms with Crippen molar-refractivity contribution in [1.82, 2.24) is 5.32 Å². The first-order chi connectivity index (χ1) is 16.8. The maximum atomic E-state index is 13.7. The number of nitrogens with one attached hydrogen (secondary N) is 1. The van der Waals surface area contributed by atoms with E-state index in [4.69, 9.17) is 0 Å². The Labute approximate surface area is 204 Å². The zero-order chi connectivity index (χ0) is 24.8. The quantitative estimate of drug-likeness (QED) is 0.320. The van der Waals surface area contributed by atoms with Crippen LogP contribution >= 0.6 is 11.3 Å². The molecule has 0 aliphatic carbocycles. The molecule has 178 valence electrons. The molecule has 35 heavy (non-hydrogen) atoms. The number of hydrogen-bond donors (Lipinski definition) is 1. The zero-order valence-electron chi connectivity index (χ0n) is 18.4. The van der Waals surface area contributed by atoms with Gasteiger partial charge in [-0.1, -0.05) is 60.7 Å². The Morgan fingerprint density at radius 3 is 2.17 bits per heavy atom. The Bertz CT molecular complexity index is 1280. The SMILES string of the molecule is O=C(NCc1ccccc1)C(c1cccs1)N(C(=O)c1ccccc1)c1cccc(C(F)(F)F)c1. The first kappa shape index (κ1) is 24.2. The topological polar surface area (TPSA) is 49.4 Å². The van der Waals surface area contributed by atoms with Crippen molar-refractivity contribution in [2.24, 2.45) is 0 Å². The number of thiophene rings is 1. The van der Waals surface area contributed by atoms with Gasteiger partial charge in [-0.2, -0.15) is 13.2 Å². The Morgan fingerprint density at radius 2 is 1.54 bits per heavy atom. The van der Waals surface area contributed by atoms with E-state index in [2.05, 4.69) is 5.32 Å². The van der Waals surface area contributed by atoms with E-state index in [0.29, 0.717) is 4.88 Å². The summed E-state index contributed by atoms with van der Waals surface area (Å²) in [4.78, 5) is 28.9. The van der Waals surface area contributed by atoms with Gasteiger partial charge in [-0.05, 0) is 47.3 Å². The summed E-state index contributed by atoms with van der Waals surface area (Å²) < 4.78 is 40.5. The molecule has 1 N–H and O–H groups in total. The molecule has 1 heterocycles. The summed E-state index contributed by atoms with van der Waals surface area (Å²) in [6.07, 6.45) is -4.61. The second kappa shape index (κ2) is 10.6. The van der Waals surface area contributed by atoms with Gasteiger partial charge in [-0.3, -0.25) is 14.5 Å². The monoisotopic (exact) mass is 494 g/mol. The van der Waals surface area contributed by atoms with Crippen LogP contribution in [0.15, 0.2) is 102 Å². The molecule has 0 radical (unpaired) electrons. The summed E-state index contributed by atoms with van der Waals surface area (Å²) in [7, 11) is 0. The highest BCUT2D eigenvalue weighted by Gasteiger charge is 2.36. The number of hydrogen-bond acceptors (Lipinski definition) is 3. The number of amides is 2. The van der Waals surface area contributed by atoms with Gasteiger partial charge in [0, 0.05) is 22.7 Å². The summed E-state index contributed by atoms with van der Waals surface area (Å²) in [5, 5.41) is 4.59. The van der Waals surface area contributed by atoms with Crippen molar-refractivity contribution in [3.63, 3.8) is 0 Å². The molecular formula is C27H21F3N2O2S. The van der Waals surface area contributed by atoms with E-state index < -0.39 is 29.6 Å². The smallest absolute Gasteiger partial charge is 0.350 e. The molecular weight excluding hydrogens is 473 g/mol. The Kier molecular flexibility index (Phi) is 7.31.